The van der Waals surface area contributed by atoms with Crippen molar-refractivity contribution >= 4 is 12.4 Å². The van der Waals surface area contributed by atoms with E-state index in [9.17, 15) is 5.11 Å². The molecular weight excluding hydrogens is 252 g/mol. The Morgan fingerprint density at radius 1 is 1.39 bits per heavy atom. The molecule has 4 N–H and O–H groups in total. The van der Waals surface area contributed by atoms with Gasteiger partial charge in [-0.25, -0.2) is 0 Å². The number of phenols is 1. The van der Waals surface area contributed by atoms with Crippen molar-refractivity contribution in [3.8, 4) is 11.5 Å². The zero-order valence-corrected chi connectivity index (χ0v) is 11.4. The van der Waals surface area contributed by atoms with Crippen molar-refractivity contribution in [3.05, 3.63) is 23.8 Å². The Kier molecular flexibility index (Phi) is 5.72. The van der Waals surface area contributed by atoms with Crippen molar-refractivity contribution in [1.82, 2.24) is 5.32 Å². The highest BCUT2D eigenvalue weighted by molar-refractivity contribution is 5.85. The lowest BCUT2D eigenvalue weighted by molar-refractivity contribution is 0.315. The molecule has 0 aliphatic carbocycles. The highest BCUT2D eigenvalue weighted by Crippen LogP contribution is 2.34. The second-order valence-electron chi connectivity index (χ2n) is 4.54. The van der Waals surface area contributed by atoms with E-state index < -0.39 is 0 Å². The van der Waals surface area contributed by atoms with Crippen LogP contribution < -0.4 is 15.8 Å². The summed E-state index contributed by atoms with van der Waals surface area (Å²) in [5.41, 5.74) is 7.04. The van der Waals surface area contributed by atoms with Gasteiger partial charge in [-0.05, 0) is 50.0 Å². The maximum atomic E-state index is 9.88. The molecule has 0 radical (unpaired) electrons. The Bertz CT molecular complexity index is 381. The summed E-state index contributed by atoms with van der Waals surface area (Å²) in [4.78, 5) is 0. The molecule has 0 saturated carbocycles. The van der Waals surface area contributed by atoms with Crippen LogP contribution in [0.5, 0.6) is 11.5 Å². The highest BCUT2D eigenvalue weighted by atomic mass is 35.5. The normalized spacial score (nSPS) is 17.9. The van der Waals surface area contributed by atoms with Gasteiger partial charge in [-0.1, -0.05) is 0 Å². The molecule has 1 aliphatic rings. The van der Waals surface area contributed by atoms with E-state index in [1.54, 1.807) is 19.2 Å². The van der Waals surface area contributed by atoms with E-state index in [1.165, 1.54) is 0 Å². The van der Waals surface area contributed by atoms with Gasteiger partial charge in [0, 0.05) is 11.6 Å². The number of hydrogen-bond donors (Lipinski definition) is 3. The van der Waals surface area contributed by atoms with Gasteiger partial charge in [-0.15, -0.1) is 12.4 Å². The second-order valence-corrected chi connectivity index (χ2v) is 4.54. The summed E-state index contributed by atoms with van der Waals surface area (Å²) < 4.78 is 5.17. The Morgan fingerprint density at radius 2 is 2.06 bits per heavy atom. The zero-order chi connectivity index (χ0) is 12.3. The molecule has 102 valence electrons. The Labute approximate surface area is 114 Å². The summed E-state index contributed by atoms with van der Waals surface area (Å²) in [5.74, 6) is 1.42. The van der Waals surface area contributed by atoms with E-state index in [2.05, 4.69) is 5.32 Å². The van der Waals surface area contributed by atoms with Crippen LogP contribution in [0, 0.1) is 5.92 Å². The number of aromatic hydroxyl groups is 1. The quantitative estimate of drug-likeness (QED) is 0.785. The number of rotatable bonds is 3. The van der Waals surface area contributed by atoms with Crippen molar-refractivity contribution in [3.63, 3.8) is 0 Å². The van der Waals surface area contributed by atoms with Gasteiger partial charge < -0.3 is 20.9 Å². The fourth-order valence-electron chi connectivity index (χ4n) is 2.38. The predicted octanol–water partition coefficient (Wildman–Crippen LogP) is 1.82. The SMILES string of the molecule is COc1ccc(O)c([C@H](N)C2CCNCC2)c1.Cl. The van der Waals surface area contributed by atoms with Crippen molar-refractivity contribution in [2.24, 2.45) is 11.7 Å². The molecule has 0 amide bonds. The summed E-state index contributed by atoms with van der Waals surface area (Å²) in [6.07, 6.45) is 2.11. The first-order valence-corrected chi connectivity index (χ1v) is 6.05. The topological polar surface area (TPSA) is 67.5 Å². The van der Waals surface area contributed by atoms with Crippen molar-refractivity contribution in [2.45, 2.75) is 18.9 Å². The van der Waals surface area contributed by atoms with E-state index in [0.29, 0.717) is 5.92 Å². The van der Waals surface area contributed by atoms with Crippen molar-refractivity contribution < 1.29 is 9.84 Å². The summed E-state index contributed by atoms with van der Waals surface area (Å²) in [5, 5.41) is 13.2. The van der Waals surface area contributed by atoms with Crippen LogP contribution in [0.25, 0.3) is 0 Å². The molecule has 1 aromatic rings. The molecule has 5 heteroatoms. The number of hydrogen-bond acceptors (Lipinski definition) is 4. The van der Waals surface area contributed by atoms with E-state index >= 15 is 0 Å². The van der Waals surface area contributed by atoms with Gasteiger partial charge in [0.05, 0.1) is 7.11 Å². The molecule has 0 unspecified atom stereocenters. The lowest BCUT2D eigenvalue weighted by Gasteiger charge is -2.28. The summed E-state index contributed by atoms with van der Waals surface area (Å²) in [7, 11) is 1.62. The Hall–Kier alpha value is -0.970. The van der Waals surface area contributed by atoms with Crippen molar-refractivity contribution in [2.75, 3.05) is 20.2 Å². The maximum Gasteiger partial charge on any atom is 0.120 e. The van der Waals surface area contributed by atoms with Crippen LogP contribution in [0.4, 0.5) is 0 Å². The van der Waals surface area contributed by atoms with E-state index in [1.807, 2.05) is 6.07 Å². The number of nitrogens with two attached hydrogens (primary N) is 1. The summed E-state index contributed by atoms with van der Waals surface area (Å²) in [6.45, 7) is 2.01. The van der Waals surface area contributed by atoms with Crippen LogP contribution in [0.1, 0.15) is 24.4 Å². The fourth-order valence-corrected chi connectivity index (χ4v) is 2.38. The third-order valence-corrected chi connectivity index (χ3v) is 3.49. The van der Waals surface area contributed by atoms with Gasteiger partial charge in [-0.2, -0.15) is 0 Å². The van der Waals surface area contributed by atoms with Gasteiger partial charge in [0.15, 0.2) is 0 Å². The number of methoxy groups -OCH3 is 1. The summed E-state index contributed by atoms with van der Waals surface area (Å²) >= 11 is 0. The minimum absolute atomic E-state index is 0. The molecule has 1 fully saturated rings. The first-order valence-electron chi connectivity index (χ1n) is 6.05. The van der Waals surface area contributed by atoms with Gasteiger partial charge in [0.25, 0.3) is 0 Å². The van der Waals surface area contributed by atoms with Crippen LogP contribution >= 0.6 is 12.4 Å². The summed E-state index contributed by atoms with van der Waals surface area (Å²) in [6, 6.07) is 5.11. The van der Waals surface area contributed by atoms with Crippen LogP contribution in [0.2, 0.25) is 0 Å². The first kappa shape index (κ1) is 15.1. The smallest absolute Gasteiger partial charge is 0.120 e. The van der Waals surface area contributed by atoms with E-state index in [-0.39, 0.29) is 24.2 Å². The minimum Gasteiger partial charge on any atom is -0.508 e. The third-order valence-electron chi connectivity index (χ3n) is 3.49. The van der Waals surface area contributed by atoms with Gasteiger partial charge in [-0.3, -0.25) is 0 Å². The lowest BCUT2D eigenvalue weighted by Crippen LogP contribution is -2.33. The van der Waals surface area contributed by atoms with Gasteiger partial charge in [0.1, 0.15) is 11.5 Å². The van der Waals surface area contributed by atoms with Crippen LogP contribution in [0.15, 0.2) is 18.2 Å². The minimum atomic E-state index is -0.118. The first-order chi connectivity index (χ1) is 8.22. The monoisotopic (exact) mass is 272 g/mol. The molecule has 1 aliphatic heterocycles. The standard InChI is InChI=1S/C13H20N2O2.ClH/c1-17-10-2-3-12(16)11(8-10)13(14)9-4-6-15-7-5-9;/h2-3,8-9,13,15-16H,4-7,14H2,1H3;1H/t13-;/m1./s1. The molecule has 1 heterocycles. The molecule has 0 spiro atoms. The molecule has 1 aromatic carbocycles. The molecule has 4 nitrogen and oxygen atoms in total. The van der Waals surface area contributed by atoms with Gasteiger partial charge in [0.2, 0.25) is 0 Å². The highest BCUT2D eigenvalue weighted by Gasteiger charge is 2.24. The van der Waals surface area contributed by atoms with E-state index in [4.69, 9.17) is 10.5 Å². The Morgan fingerprint density at radius 3 is 2.67 bits per heavy atom. The van der Waals surface area contributed by atoms with Crippen molar-refractivity contribution in [1.29, 1.82) is 0 Å². The zero-order valence-electron chi connectivity index (χ0n) is 10.6. The molecule has 0 bridgehead atoms. The van der Waals surface area contributed by atoms with E-state index in [0.717, 1.165) is 37.2 Å². The van der Waals surface area contributed by atoms with Crippen LogP contribution in [-0.2, 0) is 0 Å². The molecular formula is C13H21ClN2O2. The lowest BCUT2D eigenvalue weighted by atomic mass is 9.86. The molecule has 2 rings (SSSR count). The number of piperidine rings is 1. The average molecular weight is 273 g/mol. The number of nitrogens with one attached hydrogen (secondary N) is 1. The second kappa shape index (κ2) is 6.83. The molecule has 0 aromatic heterocycles. The average Bonchev–Trinajstić information content (AvgIpc) is 2.39. The predicted molar refractivity (Wildman–Crippen MR) is 74.4 cm³/mol. The number of ether oxygens (including phenoxy) is 1. The molecule has 18 heavy (non-hydrogen) atoms. The number of phenolic OH excluding ortho intramolecular Hbond substituents is 1. The third kappa shape index (κ3) is 3.28. The maximum absolute atomic E-state index is 9.88. The van der Waals surface area contributed by atoms with Crippen LogP contribution in [0.3, 0.4) is 0 Å². The Balaban J connectivity index is 0.00000162. The van der Waals surface area contributed by atoms with Gasteiger partial charge >= 0.3 is 0 Å². The number of halogens is 1. The van der Waals surface area contributed by atoms with Crippen LogP contribution in [-0.4, -0.2) is 25.3 Å². The molecule has 1 saturated heterocycles. The fraction of sp³-hybridized carbons (Fsp3) is 0.538. The largest absolute Gasteiger partial charge is 0.508 e. The number of benzene rings is 1. The molecule has 1 atom stereocenters.